The van der Waals surface area contributed by atoms with Crippen molar-refractivity contribution in [1.82, 2.24) is 19.3 Å². The molecule has 1 N–H and O–H groups in total. The van der Waals surface area contributed by atoms with Gasteiger partial charge in [-0.1, -0.05) is 29.8 Å². The largest absolute Gasteiger partial charge is 0.490 e. The molecule has 0 amide bonds. The molecule has 0 aliphatic heterocycles. The first-order chi connectivity index (χ1) is 15.8. The number of nitrogens with zero attached hydrogens (tertiary/aromatic N) is 3. The predicted molar refractivity (Wildman–Crippen MR) is 132 cm³/mol. The summed E-state index contributed by atoms with van der Waals surface area (Å²) >= 11 is 12.8. The third kappa shape index (κ3) is 4.74. The molecule has 0 bridgehead atoms. The Bertz CT molecular complexity index is 1440. The molecule has 0 aliphatic rings. The van der Waals surface area contributed by atoms with Gasteiger partial charge in [0.1, 0.15) is 12.4 Å². The molecule has 33 heavy (non-hydrogen) atoms. The van der Waals surface area contributed by atoms with Crippen molar-refractivity contribution in [3.63, 3.8) is 0 Å². The van der Waals surface area contributed by atoms with Crippen LogP contribution in [0.4, 0.5) is 0 Å². The lowest BCUT2D eigenvalue weighted by atomic mass is 10.0. The highest BCUT2D eigenvalue weighted by Gasteiger charge is 2.21. The van der Waals surface area contributed by atoms with Crippen LogP contribution in [0.2, 0.25) is 10.0 Å². The Balaban J connectivity index is 1.78. The minimum atomic E-state index is -3.52. The summed E-state index contributed by atoms with van der Waals surface area (Å²) in [7, 11) is -2.06. The normalized spacial score (nSPS) is 11.8. The van der Waals surface area contributed by atoms with Gasteiger partial charge in [0.25, 0.3) is 0 Å². The van der Waals surface area contributed by atoms with Crippen molar-refractivity contribution in [3.8, 4) is 28.1 Å². The Kier molecular flexibility index (Phi) is 6.71. The highest BCUT2D eigenvalue weighted by atomic mass is 35.5. The molecule has 0 aliphatic carbocycles. The molecule has 0 radical (unpaired) electrons. The number of ether oxygens (including phenoxy) is 1. The van der Waals surface area contributed by atoms with Crippen molar-refractivity contribution >= 4 is 44.3 Å². The van der Waals surface area contributed by atoms with E-state index >= 15 is 0 Å². The average Bonchev–Trinajstić information content (AvgIpc) is 3.20. The summed E-state index contributed by atoms with van der Waals surface area (Å²) < 4.78 is 30.9. The van der Waals surface area contributed by atoms with Crippen molar-refractivity contribution in [2.75, 3.05) is 20.2 Å². The van der Waals surface area contributed by atoms with E-state index < -0.39 is 10.0 Å². The number of hydrogen-bond donors (Lipinski definition) is 1. The molecule has 3 aromatic heterocycles. The quantitative estimate of drug-likeness (QED) is 0.349. The van der Waals surface area contributed by atoms with Gasteiger partial charge in [0.05, 0.1) is 22.9 Å². The van der Waals surface area contributed by atoms with Crippen LogP contribution in [0.5, 0.6) is 5.75 Å². The van der Waals surface area contributed by atoms with E-state index in [2.05, 4.69) is 21.5 Å². The average molecular weight is 503 g/mol. The fraction of sp³-hybridized carbons (Fsp3) is 0.130. The van der Waals surface area contributed by atoms with Crippen molar-refractivity contribution in [2.45, 2.75) is 0 Å². The minimum Gasteiger partial charge on any atom is -0.490 e. The van der Waals surface area contributed by atoms with Crippen molar-refractivity contribution < 1.29 is 13.2 Å². The minimum absolute atomic E-state index is 0.119. The van der Waals surface area contributed by atoms with Gasteiger partial charge < -0.3 is 9.72 Å². The van der Waals surface area contributed by atoms with Crippen molar-refractivity contribution in [2.24, 2.45) is 0 Å². The van der Waals surface area contributed by atoms with Crippen LogP contribution in [0.15, 0.2) is 67.0 Å². The molecule has 0 atom stereocenters. The van der Waals surface area contributed by atoms with E-state index in [1.54, 1.807) is 36.8 Å². The Morgan fingerprint density at radius 1 is 1.18 bits per heavy atom. The maximum Gasteiger partial charge on any atom is 0.235 e. The maximum atomic E-state index is 11.9. The van der Waals surface area contributed by atoms with E-state index in [4.69, 9.17) is 27.9 Å². The van der Waals surface area contributed by atoms with Crippen LogP contribution in [0.25, 0.3) is 33.4 Å². The summed E-state index contributed by atoms with van der Waals surface area (Å²) in [6, 6.07) is 10.8. The number of rotatable bonds is 8. The number of hydrogen-bond acceptors (Lipinski definition) is 5. The molecule has 10 heteroatoms. The van der Waals surface area contributed by atoms with Gasteiger partial charge >= 0.3 is 0 Å². The Labute approximate surface area is 201 Å². The number of benzene rings is 1. The summed E-state index contributed by atoms with van der Waals surface area (Å²) in [4.78, 5) is 12.1. The molecular weight excluding hydrogens is 483 g/mol. The van der Waals surface area contributed by atoms with Crippen LogP contribution < -0.4 is 4.74 Å². The molecule has 170 valence electrons. The molecule has 0 saturated heterocycles. The van der Waals surface area contributed by atoms with E-state index in [1.807, 2.05) is 18.2 Å². The topological polar surface area (TPSA) is 88.2 Å². The zero-order chi connectivity index (χ0) is 23.6. The Morgan fingerprint density at radius 2 is 2.00 bits per heavy atom. The summed E-state index contributed by atoms with van der Waals surface area (Å²) in [5, 5.41) is 1.98. The van der Waals surface area contributed by atoms with Gasteiger partial charge in [-0.25, -0.2) is 8.42 Å². The number of aromatic nitrogens is 3. The highest BCUT2D eigenvalue weighted by Crippen LogP contribution is 2.43. The van der Waals surface area contributed by atoms with Crippen LogP contribution in [0.3, 0.4) is 0 Å². The smallest absolute Gasteiger partial charge is 0.235 e. The van der Waals surface area contributed by atoms with Crippen LogP contribution in [-0.4, -0.2) is 47.9 Å². The standard InChI is InChI=1S/C23H20Cl2N4O3S/c1-3-33(30,31)29(2)11-12-32-20-14-26-10-8-16(20)22-21(17-13-15(24)6-7-18(17)25)23-19(28-22)5-4-9-27-23/h3-10,13-14,28H,1,11-12H2,2H3. The van der Waals surface area contributed by atoms with E-state index in [9.17, 15) is 8.42 Å². The molecule has 3 heterocycles. The van der Waals surface area contributed by atoms with Crippen LogP contribution >= 0.6 is 23.2 Å². The predicted octanol–water partition coefficient (Wildman–Crippen LogP) is 5.38. The third-order valence-electron chi connectivity index (χ3n) is 5.11. The molecule has 0 spiro atoms. The van der Waals surface area contributed by atoms with E-state index in [1.165, 1.54) is 11.4 Å². The lowest BCUT2D eigenvalue weighted by Crippen LogP contribution is -2.29. The first-order valence-electron chi connectivity index (χ1n) is 9.90. The van der Waals surface area contributed by atoms with Gasteiger partial charge in [-0.05, 0) is 36.4 Å². The van der Waals surface area contributed by atoms with Crippen LogP contribution in [-0.2, 0) is 10.0 Å². The number of H-pyrrole nitrogens is 1. The fourth-order valence-electron chi connectivity index (χ4n) is 3.41. The molecule has 0 fully saturated rings. The number of sulfonamides is 1. The first-order valence-corrected chi connectivity index (χ1v) is 12.2. The summed E-state index contributed by atoms with van der Waals surface area (Å²) in [6.07, 6.45) is 4.94. The molecule has 0 unspecified atom stereocenters. The number of pyridine rings is 2. The van der Waals surface area contributed by atoms with Gasteiger partial charge in [-0.3, -0.25) is 9.97 Å². The zero-order valence-electron chi connectivity index (χ0n) is 17.6. The second-order valence-electron chi connectivity index (χ2n) is 7.15. The van der Waals surface area contributed by atoms with Crippen LogP contribution in [0, 0.1) is 0 Å². The lowest BCUT2D eigenvalue weighted by molar-refractivity contribution is 0.288. The van der Waals surface area contributed by atoms with E-state index in [-0.39, 0.29) is 13.2 Å². The lowest BCUT2D eigenvalue weighted by Gasteiger charge is -2.16. The van der Waals surface area contributed by atoms with Crippen molar-refractivity contribution in [3.05, 3.63) is 77.0 Å². The number of likely N-dealkylation sites (N-methyl/N-ethyl adjacent to an activating group) is 1. The van der Waals surface area contributed by atoms with Crippen molar-refractivity contribution in [1.29, 1.82) is 0 Å². The number of aromatic amines is 1. The molecule has 0 saturated carbocycles. The molecule has 4 rings (SSSR count). The zero-order valence-corrected chi connectivity index (χ0v) is 20.0. The molecule has 1 aromatic carbocycles. The summed E-state index contributed by atoms with van der Waals surface area (Å²) in [5.74, 6) is 0.479. The number of nitrogens with one attached hydrogen (secondary N) is 1. The number of fused-ring (bicyclic) bond motifs is 1. The SMILES string of the molecule is C=CS(=O)(=O)N(C)CCOc1cnccc1-c1[nH]c2cccnc2c1-c1cc(Cl)ccc1Cl. The molecule has 7 nitrogen and oxygen atoms in total. The highest BCUT2D eigenvalue weighted by molar-refractivity contribution is 7.91. The van der Waals surface area contributed by atoms with Gasteiger partial charge in [-0.2, -0.15) is 4.31 Å². The second kappa shape index (κ2) is 9.52. The molecular formula is C23H20Cl2N4O3S. The summed E-state index contributed by atoms with van der Waals surface area (Å²) in [5.41, 5.74) is 4.51. The van der Waals surface area contributed by atoms with Gasteiger partial charge in [-0.15, -0.1) is 0 Å². The second-order valence-corrected chi connectivity index (χ2v) is 9.98. The van der Waals surface area contributed by atoms with Gasteiger partial charge in [0.2, 0.25) is 10.0 Å². The van der Waals surface area contributed by atoms with Gasteiger partial charge in [0.15, 0.2) is 0 Å². The molecule has 4 aromatic rings. The van der Waals surface area contributed by atoms with Gasteiger partial charge in [0, 0.05) is 58.1 Å². The maximum absolute atomic E-state index is 11.9. The number of halogens is 2. The first kappa shape index (κ1) is 23.3. The third-order valence-corrected chi connectivity index (χ3v) is 7.15. The Morgan fingerprint density at radius 3 is 2.79 bits per heavy atom. The summed E-state index contributed by atoms with van der Waals surface area (Å²) in [6.45, 7) is 3.60. The monoisotopic (exact) mass is 502 g/mol. The fourth-order valence-corrected chi connectivity index (χ4v) is 4.38. The van der Waals surface area contributed by atoms with Crippen LogP contribution in [0.1, 0.15) is 0 Å². The van der Waals surface area contributed by atoms with E-state index in [0.717, 1.165) is 38.8 Å². The van der Waals surface area contributed by atoms with E-state index in [0.29, 0.717) is 15.8 Å². The Hall–Kier alpha value is -2.91.